The number of nitrogens with zero attached hydrogens (tertiary/aromatic N) is 2. The lowest BCUT2D eigenvalue weighted by molar-refractivity contribution is -0.384. The van der Waals surface area contributed by atoms with E-state index in [4.69, 9.17) is 0 Å². The highest BCUT2D eigenvalue weighted by molar-refractivity contribution is 5.82. The first-order valence-corrected chi connectivity index (χ1v) is 6.16. The highest BCUT2D eigenvalue weighted by Gasteiger charge is 2.13. The van der Waals surface area contributed by atoms with E-state index >= 15 is 0 Å². The maximum Gasteiger partial charge on any atom is 0.270 e. The molecule has 0 radical (unpaired) electrons. The van der Waals surface area contributed by atoms with E-state index in [1.807, 2.05) is 0 Å². The lowest BCUT2D eigenvalue weighted by Gasteiger charge is -2.06. The molecule has 0 fully saturated rings. The first-order chi connectivity index (χ1) is 10.5. The van der Waals surface area contributed by atoms with Crippen molar-refractivity contribution in [1.29, 1.82) is 0 Å². The number of aromatic amines is 1. The maximum atomic E-state index is 12.1. The van der Waals surface area contributed by atoms with Gasteiger partial charge in [-0.2, -0.15) is 0 Å². The Morgan fingerprint density at radius 3 is 2.64 bits per heavy atom. The number of nitro groups is 1. The molecule has 3 N–H and O–H groups in total. The predicted octanol–water partition coefficient (Wildman–Crippen LogP) is 1.91. The molecule has 3 rings (SSSR count). The van der Waals surface area contributed by atoms with Crippen molar-refractivity contribution in [3.63, 3.8) is 0 Å². The first-order valence-electron chi connectivity index (χ1n) is 6.16. The van der Waals surface area contributed by atoms with Crippen LogP contribution in [0, 0.1) is 10.1 Å². The molecule has 110 valence electrons. The lowest BCUT2D eigenvalue weighted by atomic mass is 10.1. The molecule has 0 bridgehead atoms. The number of rotatable bonds is 2. The molecular formula is C14H9N3O5. The summed E-state index contributed by atoms with van der Waals surface area (Å²) in [6.45, 7) is 0. The summed E-state index contributed by atoms with van der Waals surface area (Å²) in [4.78, 5) is 28.8. The Morgan fingerprint density at radius 2 is 1.91 bits per heavy atom. The van der Waals surface area contributed by atoms with Crippen LogP contribution in [0.5, 0.6) is 11.5 Å². The van der Waals surface area contributed by atoms with Crippen LogP contribution >= 0.6 is 0 Å². The van der Waals surface area contributed by atoms with E-state index < -0.39 is 10.5 Å². The smallest absolute Gasteiger partial charge is 0.270 e. The van der Waals surface area contributed by atoms with Gasteiger partial charge in [-0.15, -0.1) is 0 Å². The van der Waals surface area contributed by atoms with Crippen molar-refractivity contribution in [2.75, 3.05) is 0 Å². The van der Waals surface area contributed by atoms with Crippen molar-refractivity contribution in [2.24, 2.45) is 0 Å². The molecule has 0 aliphatic carbocycles. The average molecular weight is 299 g/mol. The van der Waals surface area contributed by atoms with Gasteiger partial charge in [0.25, 0.3) is 11.2 Å². The monoisotopic (exact) mass is 299 g/mol. The molecular weight excluding hydrogens is 290 g/mol. The Hall–Kier alpha value is -3.42. The van der Waals surface area contributed by atoms with E-state index in [2.05, 4.69) is 9.97 Å². The van der Waals surface area contributed by atoms with Gasteiger partial charge in [0.05, 0.1) is 21.4 Å². The topological polar surface area (TPSA) is 129 Å². The number of hydrogen-bond donors (Lipinski definition) is 3. The molecule has 0 aliphatic heterocycles. The summed E-state index contributed by atoms with van der Waals surface area (Å²) in [6, 6.07) is 7.54. The fourth-order valence-electron chi connectivity index (χ4n) is 2.08. The molecule has 3 aromatic rings. The van der Waals surface area contributed by atoms with Gasteiger partial charge in [0.2, 0.25) is 0 Å². The number of nitrogens with one attached hydrogen (secondary N) is 1. The predicted molar refractivity (Wildman–Crippen MR) is 77.8 cm³/mol. The van der Waals surface area contributed by atoms with Gasteiger partial charge >= 0.3 is 0 Å². The molecule has 2 aromatic carbocycles. The summed E-state index contributed by atoms with van der Waals surface area (Å²) in [6.07, 6.45) is 0. The molecule has 0 saturated heterocycles. The van der Waals surface area contributed by atoms with E-state index in [0.717, 1.165) is 6.07 Å². The van der Waals surface area contributed by atoms with Crippen LogP contribution in [-0.2, 0) is 0 Å². The quantitative estimate of drug-likeness (QED) is 0.376. The third-order valence-corrected chi connectivity index (χ3v) is 3.14. The fraction of sp³-hybridized carbons (Fsp3) is 0. The van der Waals surface area contributed by atoms with Gasteiger partial charge in [-0.1, -0.05) is 0 Å². The third-order valence-electron chi connectivity index (χ3n) is 3.14. The number of nitro benzene ring substituents is 1. The van der Waals surface area contributed by atoms with Gasteiger partial charge < -0.3 is 15.2 Å². The van der Waals surface area contributed by atoms with Crippen molar-refractivity contribution in [3.05, 3.63) is 56.9 Å². The van der Waals surface area contributed by atoms with Gasteiger partial charge in [-0.25, -0.2) is 4.98 Å². The molecule has 8 nitrogen and oxygen atoms in total. The third kappa shape index (κ3) is 2.22. The van der Waals surface area contributed by atoms with E-state index in [1.165, 1.54) is 30.3 Å². The summed E-state index contributed by atoms with van der Waals surface area (Å²) in [5, 5.41) is 30.1. The molecule has 0 amide bonds. The van der Waals surface area contributed by atoms with Gasteiger partial charge in [0, 0.05) is 12.1 Å². The number of fused-ring (bicyclic) bond motifs is 1. The second kappa shape index (κ2) is 4.85. The van der Waals surface area contributed by atoms with Gasteiger partial charge in [0.15, 0.2) is 0 Å². The highest BCUT2D eigenvalue weighted by Crippen LogP contribution is 2.30. The Labute approximate surface area is 122 Å². The number of phenolic OH excluding ortho intramolecular Hbond substituents is 2. The molecule has 0 saturated carbocycles. The standard InChI is InChI=1S/C14H9N3O5/c18-8-2-4-12(19)10(6-8)13-15-11-3-1-7(17(21)22)5-9(11)14(20)16-13/h1-6,18-19H,(H,15,16,20). The summed E-state index contributed by atoms with van der Waals surface area (Å²) < 4.78 is 0. The number of benzene rings is 2. The summed E-state index contributed by atoms with van der Waals surface area (Å²) in [7, 11) is 0. The summed E-state index contributed by atoms with van der Waals surface area (Å²) >= 11 is 0. The Bertz CT molecular complexity index is 964. The summed E-state index contributed by atoms with van der Waals surface area (Å²) in [5.74, 6) is -0.207. The van der Waals surface area contributed by atoms with Crippen LogP contribution < -0.4 is 5.56 Å². The van der Waals surface area contributed by atoms with Gasteiger partial charge in [0.1, 0.15) is 17.3 Å². The second-order valence-corrected chi connectivity index (χ2v) is 4.57. The number of hydrogen-bond acceptors (Lipinski definition) is 6. The molecule has 1 heterocycles. The highest BCUT2D eigenvalue weighted by atomic mass is 16.6. The van der Waals surface area contributed by atoms with Crippen molar-refractivity contribution in [1.82, 2.24) is 9.97 Å². The van der Waals surface area contributed by atoms with Crippen LogP contribution in [0.25, 0.3) is 22.3 Å². The number of non-ortho nitro benzene ring substituents is 1. The van der Waals surface area contributed by atoms with Gasteiger partial charge in [-0.3, -0.25) is 14.9 Å². The van der Waals surface area contributed by atoms with E-state index in [9.17, 15) is 25.1 Å². The fourth-order valence-corrected chi connectivity index (χ4v) is 2.08. The van der Waals surface area contributed by atoms with Crippen molar-refractivity contribution < 1.29 is 15.1 Å². The van der Waals surface area contributed by atoms with Crippen molar-refractivity contribution in [2.45, 2.75) is 0 Å². The second-order valence-electron chi connectivity index (χ2n) is 4.57. The maximum absolute atomic E-state index is 12.1. The zero-order valence-electron chi connectivity index (χ0n) is 11.0. The van der Waals surface area contributed by atoms with E-state index in [-0.39, 0.29) is 39.5 Å². The molecule has 8 heteroatoms. The Balaban J connectivity index is 2.26. The van der Waals surface area contributed by atoms with Crippen LogP contribution in [0.15, 0.2) is 41.2 Å². The largest absolute Gasteiger partial charge is 0.508 e. The average Bonchev–Trinajstić information content (AvgIpc) is 2.49. The lowest BCUT2D eigenvalue weighted by Crippen LogP contribution is -2.10. The minimum absolute atomic E-state index is 0.0553. The number of H-pyrrole nitrogens is 1. The molecule has 0 unspecified atom stereocenters. The first kappa shape index (κ1) is 13.6. The van der Waals surface area contributed by atoms with Gasteiger partial charge in [-0.05, 0) is 24.3 Å². The number of phenols is 2. The minimum Gasteiger partial charge on any atom is -0.508 e. The van der Waals surface area contributed by atoms with Crippen molar-refractivity contribution >= 4 is 16.6 Å². The molecule has 1 aromatic heterocycles. The number of aromatic hydroxyl groups is 2. The SMILES string of the molecule is O=c1[nH]c(-c2cc(O)ccc2O)nc2ccc([N+](=O)[O-])cc12. The molecule has 22 heavy (non-hydrogen) atoms. The zero-order chi connectivity index (χ0) is 15.9. The van der Waals surface area contributed by atoms with Crippen LogP contribution in [0.1, 0.15) is 0 Å². The van der Waals surface area contributed by atoms with E-state index in [1.54, 1.807) is 0 Å². The molecule has 0 spiro atoms. The summed E-state index contributed by atoms with van der Waals surface area (Å²) in [5.41, 5.74) is -0.399. The van der Waals surface area contributed by atoms with E-state index in [0.29, 0.717) is 0 Å². The molecule has 0 atom stereocenters. The Morgan fingerprint density at radius 1 is 1.14 bits per heavy atom. The normalized spacial score (nSPS) is 10.7. The Kier molecular flexibility index (Phi) is 2.99. The zero-order valence-corrected chi connectivity index (χ0v) is 11.0. The van der Waals surface area contributed by atoms with Crippen LogP contribution in [0.3, 0.4) is 0 Å². The van der Waals surface area contributed by atoms with Crippen LogP contribution in [0.4, 0.5) is 5.69 Å². The van der Waals surface area contributed by atoms with Crippen LogP contribution in [0.2, 0.25) is 0 Å². The molecule has 0 aliphatic rings. The van der Waals surface area contributed by atoms with Crippen molar-refractivity contribution in [3.8, 4) is 22.9 Å². The minimum atomic E-state index is -0.603. The number of aromatic nitrogens is 2. The van der Waals surface area contributed by atoms with Crippen LogP contribution in [-0.4, -0.2) is 25.1 Å².